The van der Waals surface area contributed by atoms with Crippen LogP contribution >= 0.6 is 0 Å². The van der Waals surface area contributed by atoms with Crippen LogP contribution in [0, 0.1) is 5.92 Å². The summed E-state index contributed by atoms with van der Waals surface area (Å²) in [6.45, 7) is 2.97. The highest BCUT2D eigenvalue weighted by Crippen LogP contribution is 2.26. The van der Waals surface area contributed by atoms with Crippen LogP contribution < -0.4 is 0 Å². The summed E-state index contributed by atoms with van der Waals surface area (Å²) in [4.78, 5) is 22.3. The molecule has 0 aliphatic carbocycles. The van der Waals surface area contributed by atoms with E-state index in [-0.39, 0.29) is 5.91 Å². The Morgan fingerprint density at radius 2 is 1.89 bits per heavy atom. The monoisotopic (exact) mass is 359 g/mol. The molecule has 1 amide bonds. The van der Waals surface area contributed by atoms with Crippen LogP contribution in [0.15, 0.2) is 60.7 Å². The van der Waals surface area contributed by atoms with Crippen molar-refractivity contribution in [2.75, 3.05) is 33.7 Å². The molecule has 1 aromatic heterocycles. The molecule has 4 heteroatoms. The minimum Gasteiger partial charge on any atom is -0.341 e. The second-order valence-electron chi connectivity index (χ2n) is 7.54. The van der Waals surface area contributed by atoms with Gasteiger partial charge in [-0.3, -0.25) is 4.79 Å². The normalized spacial score (nSPS) is 17.3. The number of fused-ring (bicyclic) bond motifs is 1. The van der Waals surface area contributed by atoms with Crippen molar-refractivity contribution in [3.8, 4) is 11.3 Å². The van der Waals surface area contributed by atoms with Gasteiger partial charge in [0.15, 0.2) is 0 Å². The number of benzene rings is 2. The lowest BCUT2D eigenvalue weighted by Gasteiger charge is -2.22. The number of amides is 1. The van der Waals surface area contributed by atoms with Crippen molar-refractivity contribution < 1.29 is 4.79 Å². The zero-order valence-corrected chi connectivity index (χ0v) is 15.9. The zero-order valence-electron chi connectivity index (χ0n) is 15.9. The Hall–Kier alpha value is -2.72. The molecular weight excluding hydrogens is 334 g/mol. The van der Waals surface area contributed by atoms with Crippen molar-refractivity contribution in [1.82, 2.24) is 14.8 Å². The second kappa shape index (κ2) is 7.49. The van der Waals surface area contributed by atoms with Crippen LogP contribution in [-0.4, -0.2) is 54.4 Å². The van der Waals surface area contributed by atoms with Gasteiger partial charge in [0, 0.05) is 31.1 Å². The number of carbonyl (C=O) groups excluding carboxylic acids is 1. The first-order chi connectivity index (χ1) is 13.1. The maximum Gasteiger partial charge on any atom is 0.254 e. The summed E-state index contributed by atoms with van der Waals surface area (Å²) in [5.41, 5.74) is 3.45. The lowest BCUT2D eigenvalue weighted by atomic mass is 10.0. The predicted molar refractivity (Wildman–Crippen MR) is 110 cm³/mol. The molecule has 0 radical (unpaired) electrons. The Bertz CT molecular complexity index is 954. The highest BCUT2D eigenvalue weighted by atomic mass is 16.2. The van der Waals surface area contributed by atoms with Gasteiger partial charge >= 0.3 is 0 Å². The average molecular weight is 359 g/mol. The predicted octanol–water partition coefficient (Wildman–Crippen LogP) is 3.93. The largest absolute Gasteiger partial charge is 0.341 e. The Morgan fingerprint density at radius 3 is 2.63 bits per heavy atom. The smallest absolute Gasteiger partial charge is 0.254 e. The Morgan fingerprint density at radius 1 is 1.15 bits per heavy atom. The Balaban J connectivity index is 1.70. The van der Waals surface area contributed by atoms with Crippen molar-refractivity contribution in [3.63, 3.8) is 0 Å². The second-order valence-corrected chi connectivity index (χ2v) is 7.54. The van der Waals surface area contributed by atoms with Gasteiger partial charge in [0.2, 0.25) is 0 Å². The molecule has 0 N–H and O–H groups in total. The summed E-state index contributed by atoms with van der Waals surface area (Å²) in [6.07, 6.45) is 1.15. The third-order valence-corrected chi connectivity index (χ3v) is 5.38. The third kappa shape index (κ3) is 3.71. The zero-order chi connectivity index (χ0) is 18.8. The van der Waals surface area contributed by atoms with Crippen LogP contribution in [-0.2, 0) is 0 Å². The van der Waals surface area contributed by atoms with Crippen LogP contribution in [0.2, 0.25) is 0 Å². The molecule has 0 bridgehead atoms. The van der Waals surface area contributed by atoms with Crippen LogP contribution in [0.1, 0.15) is 16.8 Å². The topological polar surface area (TPSA) is 36.4 Å². The number of para-hydroxylation sites is 1. The quantitative estimate of drug-likeness (QED) is 0.708. The molecule has 3 aromatic rings. The summed E-state index contributed by atoms with van der Waals surface area (Å²) in [5, 5.41) is 0.914. The fraction of sp³-hybridized carbons (Fsp3) is 0.304. The molecule has 1 fully saturated rings. The number of likely N-dealkylation sites (tertiary alicyclic amines) is 1. The van der Waals surface area contributed by atoms with Gasteiger partial charge in [0.25, 0.3) is 5.91 Å². The first-order valence-electron chi connectivity index (χ1n) is 9.51. The van der Waals surface area contributed by atoms with Gasteiger partial charge in [-0.25, -0.2) is 4.98 Å². The lowest BCUT2D eigenvalue weighted by Crippen LogP contribution is -2.33. The van der Waals surface area contributed by atoms with E-state index in [9.17, 15) is 4.79 Å². The minimum atomic E-state index is 0.0698. The van der Waals surface area contributed by atoms with E-state index in [0.29, 0.717) is 5.92 Å². The van der Waals surface area contributed by atoms with Crippen molar-refractivity contribution in [2.45, 2.75) is 6.42 Å². The van der Waals surface area contributed by atoms with E-state index in [0.717, 1.165) is 53.8 Å². The number of nitrogens with zero attached hydrogens (tertiary/aromatic N) is 3. The summed E-state index contributed by atoms with van der Waals surface area (Å²) in [7, 11) is 4.06. The fourth-order valence-corrected chi connectivity index (χ4v) is 3.96. The number of hydrogen-bond donors (Lipinski definition) is 0. The molecule has 1 aliphatic heterocycles. The molecule has 1 aliphatic rings. The highest BCUT2D eigenvalue weighted by molar-refractivity contribution is 6.07. The summed E-state index contributed by atoms with van der Waals surface area (Å²) >= 11 is 0. The van der Waals surface area contributed by atoms with Gasteiger partial charge in [-0.05, 0) is 38.1 Å². The molecule has 2 heterocycles. The molecule has 0 spiro atoms. The van der Waals surface area contributed by atoms with Gasteiger partial charge < -0.3 is 9.80 Å². The number of carbonyl (C=O) groups is 1. The molecule has 1 saturated heterocycles. The van der Waals surface area contributed by atoms with Crippen molar-refractivity contribution >= 4 is 16.8 Å². The van der Waals surface area contributed by atoms with E-state index in [1.165, 1.54) is 0 Å². The SMILES string of the molecule is CN1CCC(CN(C)C(=O)c2cc(-c3ccccc3)nc3ccccc23)C1. The molecule has 138 valence electrons. The van der Waals surface area contributed by atoms with E-state index < -0.39 is 0 Å². The molecule has 27 heavy (non-hydrogen) atoms. The van der Waals surface area contributed by atoms with Gasteiger partial charge in [-0.1, -0.05) is 48.5 Å². The number of aromatic nitrogens is 1. The first kappa shape index (κ1) is 17.7. The van der Waals surface area contributed by atoms with Gasteiger partial charge in [0.05, 0.1) is 16.8 Å². The number of pyridine rings is 1. The van der Waals surface area contributed by atoms with Crippen LogP contribution in [0.3, 0.4) is 0 Å². The number of rotatable bonds is 4. The Kier molecular flexibility index (Phi) is 4.90. The molecule has 1 unspecified atom stereocenters. The van der Waals surface area contributed by atoms with Gasteiger partial charge in [0.1, 0.15) is 0 Å². The molecular formula is C23H25N3O. The standard InChI is InChI=1S/C23H25N3O/c1-25-13-12-17(15-25)16-26(2)23(27)20-14-22(18-8-4-3-5-9-18)24-21-11-7-6-10-19(20)21/h3-11,14,17H,12-13,15-16H2,1-2H3. The summed E-state index contributed by atoms with van der Waals surface area (Å²) < 4.78 is 0. The van der Waals surface area contributed by atoms with E-state index in [4.69, 9.17) is 4.98 Å². The van der Waals surface area contributed by atoms with E-state index >= 15 is 0 Å². The number of hydrogen-bond acceptors (Lipinski definition) is 3. The molecule has 1 atom stereocenters. The van der Waals surface area contributed by atoms with Crippen LogP contribution in [0.25, 0.3) is 22.2 Å². The van der Waals surface area contributed by atoms with Gasteiger partial charge in [-0.2, -0.15) is 0 Å². The first-order valence-corrected chi connectivity index (χ1v) is 9.51. The summed E-state index contributed by atoms with van der Waals surface area (Å²) in [6, 6.07) is 19.9. The molecule has 0 saturated carbocycles. The van der Waals surface area contributed by atoms with E-state index in [2.05, 4.69) is 11.9 Å². The van der Waals surface area contributed by atoms with E-state index in [1.807, 2.05) is 72.6 Å². The lowest BCUT2D eigenvalue weighted by molar-refractivity contribution is 0.0776. The summed E-state index contributed by atoms with van der Waals surface area (Å²) in [5.74, 6) is 0.617. The molecule has 4 rings (SSSR count). The van der Waals surface area contributed by atoms with Crippen molar-refractivity contribution in [1.29, 1.82) is 0 Å². The third-order valence-electron chi connectivity index (χ3n) is 5.38. The van der Waals surface area contributed by atoms with Crippen molar-refractivity contribution in [3.05, 3.63) is 66.2 Å². The fourth-order valence-electron chi connectivity index (χ4n) is 3.96. The van der Waals surface area contributed by atoms with Crippen LogP contribution in [0.5, 0.6) is 0 Å². The highest BCUT2D eigenvalue weighted by Gasteiger charge is 2.24. The molecule has 2 aromatic carbocycles. The van der Waals surface area contributed by atoms with Crippen LogP contribution in [0.4, 0.5) is 0 Å². The molecule has 4 nitrogen and oxygen atoms in total. The van der Waals surface area contributed by atoms with E-state index in [1.54, 1.807) is 0 Å². The minimum absolute atomic E-state index is 0.0698. The maximum absolute atomic E-state index is 13.3. The van der Waals surface area contributed by atoms with Gasteiger partial charge in [-0.15, -0.1) is 0 Å². The Labute approximate surface area is 160 Å². The maximum atomic E-state index is 13.3. The van der Waals surface area contributed by atoms with Crippen molar-refractivity contribution in [2.24, 2.45) is 5.92 Å². The average Bonchev–Trinajstić information content (AvgIpc) is 3.11.